The van der Waals surface area contributed by atoms with Crippen molar-refractivity contribution < 1.29 is 5.11 Å². The van der Waals surface area contributed by atoms with Crippen LogP contribution in [-0.2, 0) is 18.7 Å². The number of nitrogens with zero attached hydrogens (tertiary/aromatic N) is 3. The van der Waals surface area contributed by atoms with E-state index in [1.54, 1.807) is 0 Å². The third kappa shape index (κ3) is 7.35. The molecule has 0 bridgehead atoms. The molecule has 1 aliphatic rings. The number of aliphatic imine (C=N–C) groups is 1. The molecule has 0 aliphatic carbocycles. The van der Waals surface area contributed by atoms with Gasteiger partial charge in [0.05, 0.1) is 13.1 Å². The van der Waals surface area contributed by atoms with Crippen LogP contribution in [0.4, 0.5) is 0 Å². The number of hydrogen-bond acceptors (Lipinski definition) is 4. The molecule has 2 aromatic carbocycles. The molecular weight excluding hydrogens is 386 g/mol. The van der Waals surface area contributed by atoms with Gasteiger partial charge >= 0.3 is 0 Å². The standard InChI is InChI=1S/C25H37N5O/c1-4-26-24(28-20-25(2,31)23-8-6-5-7-9-23)27-18-21-10-12-22(13-11-21)19-30-16-14-29(3)15-17-30/h5-13,31H,4,14-20H2,1-3H3,(H2,26,27,28). The lowest BCUT2D eigenvalue weighted by molar-refractivity contribution is 0.0617. The maximum atomic E-state index is 10.8. The highest BCUT2D eigenvalue weighted by Gasteiger charge is 2.23. The summed E-state index contributed by atoms with van der Waals surface area (Å²) in [6.07, 6.45) is 0. The number of hydrogen-bond donors (Lipinski definition) is 3. The van der Waals surface area contributed by atoms with E-state index in [9.17, 15) is 5.11 Å². The zero-order valence-electron chi connectivity index (χ0n) is 19.1. The van der Waals surface area contributed by atoms with Crippen LogP contribution in [0, 0.1) is 0 Å². The lowest BCUT2D eigenvalue weighted by Gasteiger charge is -2.32. The van der Waals surface area contributed by atoms with Crippen molar-refractivity contribution in [2.24, 2.45) is 4.99 Å². The highest BCUT2D eigenvalue weighted by Crippen LogP contribution is 2.18. The zero-order chi connectivity index (χ0) is 22.1. The number of benzene rings is 2. The van der Waals surface area contributed by atoms with E-state index >= 15 is 0 Å². The van der Waals surface area contributed by atoms with Crippen LogP contribution in [0.1, 0.15) is 30.5 Å². The van der Waals surface area contributed by atoms with Gasteiger partial charge in [-0.1, -0.05) is 54.6 Å². The van der Waals surface area contributed by atoms with Gasteiger partial charge in [-0.3, -0.25) is 4.90 Å². The first-order valence-corrected chi connectivity index (χ1v) is 11.2. The van der Waals surface area contributed by atoms with Gasteiger partial charge in [0.25, 0.3) is 0 Å². The Kier molecular flexibility index (Phi) is 8.46. The molecule has 2 aromatic rings. The first-order chi connectivity index (χ1) is 15.0. The van der Waals surface area contributed by atoms with Crippen LogP contribution in [0.15, 0.2) is 59.6 Å². The van der Waals surface area contributed by atoms with Crippen LogP contribution in [0.3, 0.4) is 0 Å². The van der Waals surface area contributed by atoms with E-state index in [4.69, 9.17) is 4.99 Å². The number of guanidine groups is 1. The van der Waals surface area contributed by atoms with Crippen molar-refractivity contribution >= 4 is 5.96 Å². The van der Waals surface area contributed by atoms with Crippen molar-refractivity contribution in [1.29, 1.82) is 0 Å². The fourth-order valence-corrected chi connectivity index (χ4v) is 3.68. The van der Waals surface area contributed by atoms with E-state index in [-0.39, 0.29) is 0 Å². The fraction of sp³-hybridized carbons (Fsp3) is 0.480. The van der Waals surface area contributed by atoms with Gasteiger partial charge in [0.1, 0.15) is 5.60 Å². The summed E-state index contributed by atoms with van der Waals surface area (Å²) in [4.78, 5) is 9.60. The summed E-state index contributed by atoms with van der Waals surface area (Å²) in [6, 6.07) is 18.5. The smallest absolute Gasteiger partial charge is 0.191 e. The summed E-state index contributed by atoms with van der Waals surface area (Å²) in [6.45, 7) is 11.2. The first kappa shape index (κ1) is 23.3. The van der Waals surface area contributed by atoms with Crippen LogP contribution in [0.2, 0.25) is 0 Å². The second kappa shape index (κ2) is 11.3. The molecule has 3 N–H and O–H groups in total. The maximum Gasteiger partial charge on any atom is 0.191 e. The van der Waals surface area contributed by atoms with Crippen molar-refractivity contribution in [3.63, 3.8) is 0 Å². The molecule has 1 saturated heterocycles. The summed E-state index contributed by atoms with van der Waals surface area (Å²) < 4.78 is 0. The van der Waals surface area contributed by atoms with Gasteiger partial charge in [0.15, 0.2) is 5.96 Å². The predicted octanol–water partition coefficient (Wildman–Crippen LogP) is 2.40. The molecule has 168 valence electrons. The second-order valence-electron chi connectivity index (χ2n) is 8.58. The van der Waals surface area contributed by atoms with Crippen LogP contribution in [-0.4, -0.2) is 67.2 Å². The minimum atomic E-state index is -0.970. The molecule has 3 rings (SSSR count). The van der Waals surface area contributed by atoms with Gasteiger partial charge in [-0.05, 0) is 37.6 Å². The molecule has 1 unspecified atom stereocenters. The van der Waals surface area contributed by atoms with Gasteiger partial charge < -0.3 is 20.6 Å². The molecule has 1 heterocycles. The molecule has 1 fully saturated rings. The van der Waals surface area contributed by atoms with Crippen molar-refractivity contribution in [2.45, 2.75) is 32.5 Å². The Morgan fingerprint density at radius 3 is 2.26 bits per heavy atom. The van der Waals surface area contributed by atoms with Crippen LogP contribution < -0.4 is 10.6 Å². The third-order valence-corrected chi connectivity index (χ3v) is 5.78. The van der Waals surface area contributed by atoms with E-state index in [0.29, 0.717) is 19.0 Å². The van der Waals surface area contributed by atoms with E-state index in [1.165, 1.54) is 11.1 Å². The molecule has 0 spiro atoms. The number of piperazine rings is 1. The molecule has 6 nitrogen and oxygen atoms in total. The second-order valence-corrected chi connectivity index (χ2v) is 8.58. The van der Waals surface area contributed by atoms with Gasteiger partial charge in [0, 0.05) is 39.3 Å². The topological polar surface area (TPSA) is 63.1 Å². The van der Waals surface area contributed by atoms with E-state index in [1.807, 2.05) is 44.2 Å². The largest absolute Gasteiger partial charge is 0.384 e. The summed E-state index contributed by atoms with van der Waals surface area (Å²) in [5, 5.41) is 17.4. The minimum absolute atomic E-state index is 0.382. The Bertz CT molecular complexity index is 812. The van der Waals surface area contributed by atoms with Crippen LogP contribution >= 0.6 is 0 Å². The van der Waals surface area contributed by atoms with E-state index in [2.05, 4.69) is 51.7 Å². The first-order valence-electron chi connectivity index (χ1n) is 11.2. The van der Waals surface area contributed by atoms with Gasteiger partial charge in [-0.2, -0.15) is 0 Å². The fourth-order valence-electron chi connectivity index (χ4n) is 3.68. The van der Waals surface area contributed by atoms with Crippen molar-refractivity contribution in [3.05, 3.63) is 71.3 Å². The molecule has 0 aromatic heterocycles. The van der Waals surface area contributed by atoms with Crippen LogP contribution in [0.25, 0.3) is 0 Å². The lowest BCUT2D eigenvalue weighted by Crippen LogP contribution is -2.44. The SMILES string of the molecule is CCNC(=NCc1ccc(CN2CCN(C)CC2)cc1)NCC(C)(O)c1ccccc1. The molecular formula is C25H37N5O. The Morgan fingerprint density at radius 2 is 1.61 bits per heavy atom. The van der Waals surface area contributed by atoms with E-state index < -0.39 is 5.60 Å². The molecule has 31 heavy (non-hydrogen) atoms. The summed E-state index contributed by atoms with van der Waals surface area (Å²) >= 11 is 0. The van der Waals surface area contributed by atoms with Crippen molar-refractivity contribution in [1.82, 2.24) is 20.4 Å². The van der Waals surface area contributed by atoms with Gasteiger partial charge in [0.2, 0.25) is 0 Å². The number of rotatable bonds is 8. The Morgan fingerprint density at radius 1 is 0.968 bits per heavy atom. The highest BCUT2D eigenvalue weighted by atomic mass is 16.3. The minimum Gasteiger partial charge on any atom is -0.384 e. The summed E-state index contributed by atoms with van der Waals surface area (Å²) in [5.41, 5.74) is 2.44. The van der Waals surface area contributed by atoms with Gasteiger partial charge in [-0.25, -0.2) is 4.99 Å². The predicted molar refractivity (Wildman–Crippen MR) is 128 cm³/mol. The quantitative estimate of drug-likeness (QED) is 0.450. The molecule has 0 amide bonds. The average Bonchev–Trinajstić information content (AvgIpc) is 2.79. The summed E-state index contributed by atoms with van der Waals surface area (Å²) in [5.74, 6) is 0.709. The normalized spacial score (nSPS) is 17.9. The lowest BCUT2D eigenvalue weighted by atomic mass is 9.96. The molecule has 0 radical (unpaired) electrons. The van der Waals surface area contributed by atoms with Crippen LogP contribution in [0.5, 0.6) is 0 Å². The number of nitrogens with one attached hydrogen (secondary N) is 2. The molecule has 6 heteroatoms. The van der Waals surface area contributed by atoms with Crippen molar-refractivity contribution in [2.75, 3.05) is 46.3 Å². The molecule has 0 saturated carbocycles. The monoisotopic (exact) mass is 423 g/mol. The number of likely N-dealkylation sites (N-methyl/N-ethyl adjacent to an activating group) is 1. The highest BCUT2D eigenvalue weighted by molar-refractivity contribution is 5.79. The molecule has 1 atom stereocenters. The van der Waals surface area contributed by atoms with Gasteiger partial charge in [-0.15, -0.1) is 0 Å². The summed E-state index contributed by atoms with van der Waals surface area (Å²) in [7, 11) is 2.19. The Balaban J connectivity index is 1.53. The Labute approximate surface area is 187 Å². The Hall–Kier alpha value is -2.41. The average molecular weight is 424 g/mol. The van der Waals surface area contributed by atoms with Crippen molar-refractivity contribution in [3.8, 4) is 0 Å². The maximum absolute atomic E-state index is 10.8. The zero-order valence-corrected chi connectivity index (χ0v) is 19.1. The van der Waals surface area contributed by atoms with E-state index in [0.717, 1.165) is 44.8 Å². The third-order valence-electron chi connectivity index (χ3n) is 5.78. The molecule has 1 aliphatic heterocycles. The number of aliphatic hydroxyl groups is 1.